The van der Waals surface area contributed by atoms with Crippen molar-refractivity contribution in [2.75, 3.05) is 13.2 Å². The Morgan fingerprint density at radius 1 is 1.45 bits per heavy atom. The Labute approximate surface area is 63.8 Å². The molecule has 0 aromatic carbocycles. The van der Waals surface area contributed by atoms with Crippen molar-refractivity contribution in [1.82, 2.24) is 0 Å². The first-order valence-electron chi connectivity index (χ1n) is 3.43. The van der Waals surface area contributed by atoms with Crippen LogP contribution in [0.3, 0.4) is 0 Å². The van der Waals surface area contributed by atoms with Crippen LogP contribution in [-0.2, 0) is 4.74 Å². The van der Waals surface area contributed by atoms with Crippen LogP contribution in [0.15, 0.2) is 0 Å². The Morgan fingerprint density at radius 3 is 2.45 bits per heavy atom. The molecule has 0 aromatic heterocycles. The molecule has 1 fully saturated rings. The zero-order chi connectivity index (χ0) is 8.43. The molecule has 5 heteroatoms. The number of ether oxygens (including phenoxy) is 1. The third-order valence-electron chi connectivity index (χ3n) is 1.76. The SMILES string of the molecule is OC[C@H](O)[C@H]1OC[C@H](O)[C@H]1O. The van der Waals surface area contributed by atoms with E-state index in [1.54, 1.807) is 0 Å². The first-order chi connectivity index (χ1) is 5.16. The third kappa shape index (κ3) is 1.69. The molecule has 0 aliphatic carbocycles. The lowest BCUT2D eigenvalue weighted by Gasteiger charge is -2.18. The van der Waals surface area contributed by atoms with Gasteiger partial charge in [-0.2, -0.15) is 0 Å². The van der Waals surface area contributed by atoms with Crippen molar-refractivity contribution in [3.8, 4) is 0 Å². The Balaban J connectivity index is 2.47. The molecule has 66 valence electrons. The first-order valence-corrected chi connectivity index (χ1v) is 3.43. The second-order valence-electron chi connectivity index (χ2n) is 2.61. The summed E-state index contributed by atoms with van der Waals surface area (Å²) in [5.41, 5.74) is 0. The van der Waals surface area contributed by atoms with E-state index in [1.165, 1.54) is 0 Å². The van der Waals surface area contributed by atoms with Crippen molar-refractivity contribution in [3.63, 3.8) is 0 Å². The lowest BCUT2D eigenvalue weighted by Crippen LogP contribution is -2.40. The molecule has 0 bridgehead atoms. The predicted octanol–water partition coefficient (Wildman–Crippen LogP) is -2.54. The lowest BCUT2D eigenvalue weighted by molar-refractivity contribution is -0.0684. The molecule has 0 spiro atoms. The maximum Gasteiger partial charge on any atom is 0.114 e. The summed E-state index contributed by atoms with van der Waals surface area (Å²) in [6, 6.07) is 0. The quantitative estimate of drug-likeness (QED) is 0.361. The van der Waals surface area contributed by atoms with E-state index in [1.807, 2.05) is 0 Å². The fourth-order valence-corrected chi connectivity index (χ4v) is 1.07. The van der Waals surface area contributed by atoms with Gasteiger partial charge < -0.3 is 25.2 Å². The summed E-state index contributed by atoms with van der Waals surface area (Å²) < 4.78 is 4.82. The van der Waals surface area contributed by atoms with Gasteiger partial charge in [0.25, 0.3) is 0 Å². The van der Waals surface area contributed by atoms with Crippen LogP contribution in [0.2, 0.25) is 0 Å². The third-order valence-corrected chi connectivity index (χ3v) is 1.76. The number of aliphatic hydroxyl groups excluding tert-OH is 4. The van der Waals surface area contributed by atoms with Crippen LogP contribution in [0, 0.1) is 0 Å². The van der Waals surface area contributed by atoms with Crippen molar-refractivity contribution < 1.29 is 25.2 Å². The standard InChI is InChI=1S/C6H12O5/c7-1-3(8)6-5(10)4(9)2-11-6/h3-10H,1-2H2/t3-,4-,5+,6+/m0/s1. The molecule has 0 saturated carbocycles. The highest BCUT2D eigenvalue weighted by molar-refractivity contribution is 4.87. The molecule has 1 rings (SSSR count). The summed E-state index contributed by atoms with van der Waals surface area (Å²) >= 11 is 0. The highest BCUT2D eigenvalue weighted by Gasteiger charge is 2.38. The Hall–Kier alpha value is -0.200. The largest absolute Gasteiger partial charge is 0.394 e. The minimum atomic E-state index is -1.12. The van der Waals surface area contributed by atoms with Crippen molar-refractivity contribution >= 4 is 0 Å². The first kappa shape index (κ1) is 8.89. The van der Waals surface area contributed by atoms with E-state index in [-0.39, 0.29) is 6.61 Å². The number of hydrogen-bond donors (Lipinski definition) is 4. The van der Waals surface area contributed by atoms with Gasteiger partial charge in [-0.3, -0.25) is 0 Å². The van der Waals surface area contributed by atoms with Crippen LogP contribution in [0.1, 0.15) is 0 Å². The van der Waals surface area contributed by atoms with Gasteiger partial charge >= 0.3 is 0 Å². The van der Waals surface area contributed by atoms with E-state index in [4.69, 9.17) is 25.2 Å². The number of rotatable bonds is 2. The van der Waals surface area contributed by atoms with Crippen LogP contribution >= 0.6 is 0 Å². The summed E-state index contributed by atoms with van der Waals surface area (Å²) in [4.78, 5) is 0. The van der Waals surface area contributed by atoms with Crippen LogP contribution in [0.4, 0.5) is 0 Å². The molecule has 0 radical (unpaired) electrons. The fourth-order valence-electron chi connectivity index (χ4n) is 1.07. The smallest absolute Gasteiger partial charge is 0.114 e. The molecule has 1 heterocycles. The average Bonchev–Trinajstić information content (AvgIpc) is 2.32. The average molecular weight is 164 g/mol. The van der Waals surface area contributed by atoms with Gasteiger partial charge in [0.2, 0.25) is 0 Å². The van der Waals surface area contributed by atoms with Crippen molar-refractivity contribution in [2.45, 2.75) is 24.4 Å². The van der Waals surface area contributed by atoms with Gasteiger partial charge in [-0.25, -0.2) is 0 Å². The van der Waals surface area contributed by atoms with Crippen LogP contribution < -0.4 is 0 Å². The van der Waals surface area contributed by atoms with Gasteiger partial charge in [-0.15, -0.1) is 0 Å². The van der Waals surface area contributed by atoms with Gasteiger partial charge in [-0.1, -0.05) is 0 Å². The van der Waals surface area contributed by atoms with Gasteiger partial charge in [0.05, 0.1) is 13.2 Å². The zero-order valence-electron chi connectivity index (χ0n) is 5.92. The number of hydrogen-bond acceptors (Lipinski definition) is 5. The highest BCUT2D eigenvalue weighted by atomic mass is 16.5. The highest BCUT2D eigenvalue weighted by Crippen LogP contribution is 2.16. The molecular formula is C6H12O5. The molecule has 4 N–H and O–H groups in total. The monoisotopic (exact) mass is 164 g/mol. The van der Waals surface area contributed by atoms with Gasteiger partial charge in [0, 0.05) is 0 Å². The number of aliphatic hydroxyl groups is 4. The van der Waals surface area contributed by atoms with Gasteiger partial charge in [0.15, 0.2) is 0 Å². The van der Waals surface area contributed by atoms with E-state index in [0.29, 0.717) is 0 Å². The predicted molar refractivity (Wildman–Crippen MR) is 34.8 cm³/mol. The molecule has 0 unspecified atom stereocenters. The minimum absolute atomic E-state index is 0.00287. The molecule has 5 nitrogen and oxygen atoms in total. The van der Waals surface area contributed by atoms with Crippen LogP contribution in [0.5, 0.6) is 0 Å². The van der Waals surface area contributed by atoms with E-state index >= 15 is 0 Å². The van der Waals surface area contributed by atoms with Gasteiger partial charge in [0.1, 0.15) is 24.4 Å². The summed E-state index contributed by atoms with van der Waals surface area (Å²) in [5.74, 6) is 0. The lowest BCUT2D eigenvalue weighted by atomic mass is 10.1. The second-order valence-corrected chi connectivity index (χ2v) is 2.61. The normalized spacial score (nSPS) is 40.9. The van der Waals surface area contributed by atoms with Crippen LogP contribution in [-0.4, -0.2) is 58.1 Å². The Bertz CT molecular complexity index is 128. The second kappa shape index (κ2) is 3.46. The molecule has 0 aromatic rings. The van der Waals surface area contributed by atoms with Crippen molar-refractivity contribution in [3.05, 3.63) is 0 Å². The molecular weight excluding hydrogens is 152 g/mol. The van der Waals surface area contributed by atoms with Gasteiger partial charge in [-0.05, 0) is 0 Å². The van der Waals surface area contributed by atoms with Crippen molar-refractivity contribution in [1.29, 1.82) is 0 Å². The molecule has 0 amide bonds. The summed E-state index contributed by atoms with van der Waals surface area (Å²) in [6.07, 6.45) is -4.05. The maximum absolute atomic E-state index is 9.11. The van der Waals surface area contributed by atoms with E-state index < -0.39 is 31.0 Å². The summed E-state index contributed by atoms with van der Waals surface area (Å²) in [6.45, 7) is -0.475. The van der Waals surface area contributed by atoms with Crippen molar-refractivity contribution in [2.24, 2.45) is 0 Å². The van der Waals surface area contributed by atoms with Crippen LogP contribution in [0.25, 0.3) is 0 Å². The molecule has 1 aliphatic heterocycles. The Kier molecular flexibility index (Phi) is 2.80. The minimum Gasteiger partial charge on any atom is -0.394 e. The molecule has 4 atom stereocenters. The topological polar surface area (TPSA) is 90.2 Å². The summed E-state index contributed by atoms with van der Waals surface area (Å²) in [5, 5.41) is 35.5. The fraction of sp³-hybridized carbons (Fsp3) is 1.00. The zero-order valence-corrected chi connectivity index (χ0v) is 5.92. The molecule has 11 heavy (non-hydrogen) atoms. The van der Waals surface area contributed by atoms with E-state index in [2.05, 4.69) is 0 Å². The van der Waals surface area contributed by atoms with E-state index in [0.717, 1.165) is 0 Å². The van der Waals surface area contributed by atoms with E-state index in [9.17, 15) is 0 Å². The summed E-state index contributed by atoms with van der Waals surface area (Å²) in [7, 11) is 0. The Morgan fingerprint density at radius 2 is 2.09 bits per heavy atom. The molecule has 1 aliphatic rings. The molecule has 1 saturated heterocycles. The maximum atomic E-state index is 9.11.